The lowest BCUT2D eigenvalue weighted by molar-refractivity contribution is 0.186. The van der Waals surface area contributed by atoms with Crippen LogP contribution in [-0.4, -0.2) is 14.5 Å². The van der Waals surface area contributed by atoms with E-state index in [-0.39, 0.29) is 10.7 Å². The Labute approximate surface area is 147 Å². The quantitative estimate of drug-likeness (QED) is 0.648. The molecule has 130 valence electrons. The van der Waals surface area contributed by atoms with E-state index in [4.69, 9.17) is 4.74 Å². The van der Waals surface area contributed by atoms with Gasteiger partial charge in [0, 0.05) is 0 Å². The van der Waals surface area contributed by atoms with Gasteiger partial charge in [0.15, 0.2) is 0 Å². The van der Waals surface area contributed by atoms with E-state index in [0.717, 1.165) is 16.7 Å². The predicted molar refractivity (Wildman–Crippen MR) is 97.2 cm³/mol. The van der Waals surface area contributed by atoms with Crippen molar-refractivity contribution in [2.75, 3.05) is 0 Å². The Balaban J connectivity index is 2.02. The Kier molecular flexibility index (Phi) is 5.77. The van der Waals surface area contributed by atoms with Crippen LogP contribution in [0.25, 0.3) is 5.57 Å². The summed E-state index contributed by atoms with van der Waals surface area (Å²) in [7, 11) is -3.99. The van der Waals surface area contributed by atoms with Gasteiger partial charge in [0.05, 0.1) is 4.90 Å². The Morgan fingerprint density at radius 2 is 1.68 bits per heavy atom. The second-order valence-corrected chi connectivity index (χ2v) is 7.15. The van der Waals surface area contributed by atoms with Crippen molar-refractivity contribution in [3.05, 3.63) is 84.1 Å². The second kappa shape index (κ2) is 7.81. The highest BCUT2D eigenvalue weighted by Crippen LogP contribution is 2.16. The normalized spacial score (nSPS) is 11.7. The molecule has 0 atom stereocenters. The fourth-order valence-corrected chi connectivity index (χ4v) is 2.95. The summed E-state index contributed by atoms with van der Waals surface area (Å²) in [6, 6.07) is 15.6. The molecule has 0 aliphatic carbocycles. The lowest BCUT2D eigenvalue weighted by Gasteiger charge is -2.09. The Morgan fingerprint density at radius 3 is 2.28 bits per heavy atom. The average Bonchev–Trinajstić information content (AvgIpc) is 2.55. The lowest BCUT2D eigenvalue weighted by atomic mass is 10.1. The van der Waals surface area contributed by atoms with Crippen LogP contribution in [0.3, 0.4) is 0 Å². The van der Waals surface area contributed by atoms with Crippen LogP contribution in [0.1, 0.15) is 18.1 Å². The van der Waals surface area contributed by atoms with E-state index in [2.05, 4.69) is 6.58 Å². The number of hydrogen-bond acceptors (Lipinski definition) is 4. The second-order valence-electron chi connectivity index (χ2n) is 5.47. The molecule has 5 nitrogen and oxygen atoms in total. The highest BCUT2D eigenvalue weighted by molar-refractivity contribution is 7.90. The van der Waals surface area contributed by atoms with E-state index in [1.807, 2.05) is 48.9 Å². The molecule has 0 saturated carbocycles. The number of hydrogen-bond donors (Lipinski definition) is 1. The number of benzene rings is 2. The van der Waals surface area contributed by atoms with Gasteiger partial charge in [-0.1, -0.05) is 54.6 Å². The third-order valence-corrected chi connectivity index (χ3v) is 4.71. The number of sulfonamides is 1. The first-order chi connectivity index (χ1) is 11.8. The van der Waals surface area contributed by atoms with E-state index < -0.39 is 16.1 Å². The van der Waals surface area contributed by atoms with E-state index in [9.17, 15) is 13.2 Å². The molecule has 0 radical (unpaired) electrons. The molecule has 0 spiro atoms. The van der Waals surface area contributed by atoms with Crippen molar-refractivity contribution in [3.8, 4) is 0 Å². The standard InChI is InChI=1S/C19H19NO4S/c1-14-9-11-18(12-10-14)25(22,23)20-19(21)24-16(3)13-15(2)17-7-5-4-6-8-17/h4-13H,3H2,1-2H3,(H,20,21)/b15-13-. The molecule has 1 N–H and O–H groups in total. The number of carbonyl (C=O) groups excluding carboxylic acids is 1. The largest absolute Gasteiger partial charge is 0.426 e. The molecule has 0 saturated heterocycles. The summed E-state index contributed by atoms with van der Waals surface area (Å²) in [4.78, 5) is 11.8. The van der Waals surface area contributed by atoms with Crippen molar-refractivity contribution < 1.29 is 17.9 Å². The summed E-state index contributed by atoms with van der Waals surface area (Å²) in [5, 5.41) is 0. The first-order valence-electron chi connectivity index (χ1n) is 7.52. The number of carbonyl (C=O) groups is 1. The number of ether oxygens (including phenoxy) is 1. The molecular weight excluding hydrogens is 338 g/mol. The van der Waals surface area contributed by atoms with Crippen LogP contribution in [0.2, 0.25) is 0 Å². The summed E-state index contributed by atoms with van der Waals surface area (Å²) in [6.45, 7) is 7.30. The summed E-state index contributed by atoms with van der Waals surface area (Å²) >= 11 is 0. The average molecular weight is 357 g/mol. The molecule has 2 rings (SSSR count). The molecule has 0 aliphatic rings. The van der Waals surface area contributed by atoms with Crippen molar-refractivity contribution >= 4 is 21.7 Å². The van der Waals surface area contributed by atoms with Gasteiger partial charge in [-0.2, -0.15) is 0 Å². The van der Waals surface area contributed by atoms with Crippen LogP contribution in [0.5, 0.6) is 0 Å². The van der Waals surface area contributed by atoms with Crippen LogP contribution in [0.15, 0.2) is 77.9 Å². The van der Waals surface area contributed by atoms with Gasteiger partial charge in [-0.3, -0.25) is 0 Å². The van der Waals surface area contributed by atoms with Crippen molar-refractivity contribution in [1.29, 1.82) is 0 Å². The topological polar surface area (TPSA) is 72.5 Å². The maximum absolute atomic E-state index is 12.1. The smallest absolute Gasteiger partial charge is 0.410 e. The van der Waals surface area contributed by atoms with Crippen LogP contribution in [-0.2, 0) is 14.8 Å². The number of aryl methyl sites for hydroxylation is 1. The minimum absolute atomic E-state index is 0.0170. The molecule has 0 bridgehead atoms. The minimum atomic E-state index is -3.99. The van der Waals surface area contributed by atoms with Gasteiger partial charge in [-0.25, -0.2) is 17.9 Å². The van der Waals surface area contributed by atoms with Gasteiger partial charge in [0.25, 0.3) is 10.0 Å². The van der Waals surface area contributed by atoms with Crippen LogP contribution < -0.4 is 4.72 Å². The molecule has 0 aliphatic heterocycles. The fraction of sp³-hybridized carbons (Fsp3) is 0.105. The Bertz CT molecular complexity index is 898. The molecule has 2 aromatic carbocycles. The van der Waals surface area contributed by atoms with Gasteiger partial charge in [0.2, 0.25) is 0 Å². The summed E-state index contributed by atoms with van der Waals surface area (Å²) < 4.78 is 31.0. The van der Waals surface area contributed by atoms with Crippen molar-refractivity contribution in [3.63, 3.8) is 0 Å². The van der Waals surface area contributed by atoms with E-state index >= 15 is 0 Å². The summed E-state index contributed by atoms with van der Waals surface area (Å²) in [6.07, 6.45) is 0.454. The van der Waals surface area contributed by atoms with Crippen molar-refractivity contribution in [2.45, 2.75) is 18.7 Å². The van der Waals surface area contributed by atoms with Crippen LogP contribution in [0.4, 0.5) is 4.79 Å². The molecule has 2 aromatic rings. The third kappa shape index (κ3) is 5.32. The van der Waals surface area contributed by atoms with Gasteiger partial charge in [-0.15, -0.1) is 0 Å². The van der Waals surface area contributed by atoms with E-state index in [1.165, 1.54) is 12.1 Å². The zero-order valence-electron chi connectivity index (χ0n) is 14.0. The molecule has 1 amide bonds. The Morgan fingerprint density at radius 1 is 1.08 bits per heavy atom. The number of nitrogens with one attached hydrogen (secondary N) is 1. The van der Waals surface area contributed by atoms with Crippen LogP contribution in [0, 0.1) is 6.92 Å². The van der Waals surface area contributed by atoms with Gasteiger partial charge in [-0.05, 0) is 43.2 Å². The van der Waals surface area contributed by atoms with E-state index in [1.54, 1.807) is 18.2 Å². The SMILES string of the molecule is C=C(/C=C(/C)c1ccccc1)OC(=O)NS(=O)(=O)c1ccc(C)cc1. The zero-order valence-corrected chi connectivity index (χ0v) is 14.8. The Hall–Kier alpha value is -2.86. The van der Waals surface area contributed by atoms with Crippen LogP contribution >= 0.6 is 0 Å². The molecule has 0 unspecified atom stereocenters. The molecule has 0 fully saturated rings. The summed E-state index contributed by atoms with van der Waals surface area (Å²) in [5.74, 6) is 0.0398. The first-order valence-corrected chi connectivity index (χ1v) is 9.00. The maximum atomic E-state index is 12.1. The first kappa shape index (κ1) is 18.5. The van der Waals surface area contributed by atoms with Gasteiger partial charge >= 0.3 is 6.09 Å². The molecular formula is C19H19NO4S. The highest BCUT2D eigenvalue weighted by atomic mass is 32.2. The predicted octanol–water partition coefficient (Wildman–Crippen LogP) is 4.03. The lowest BCUT2D eigenvalue weighted by Crippen LogP contribution is -2.30. The summed E-state index contributed by atoms with van der Waals surface area (Å²) in [5.41, 5.74) is 2.69. The minimum Gasteiger partial charge on any atom is -0.410 e. The van der Waals surface area contributed by atoms with Gasteiger partial charge < -0.3 is 4.74 Å². The molecule has 6 heteroatoms. The zero-order chi connectivity index (χ0) is 18.4. The molecule has 25 heavy (non-hydrogen) atoms. The molecule has 0 heterocycles. The van der Waals surface area contributed by atoms with Crippen molar-refractivity contribution in [1.82, 2.24) is 4.72 Å². The third-order valence-electron chi connectivity index (χ3n) is 3.38. The highest BCUT2D eigenvalue weighted by Gasteiger charge is 2.18. The van der Waals surface area contributed by atoms with Crippen molar-refractivity contribution in [2.24, 2.45) is 0 Å². The van der Waals surface area contributed by atoms with E-state index in [0.29, 0.717) is 0 Å². The molecule has 0 aromatic heterocycles. The fourth-order valence-electron chi connectivity index (χ4n) is 2.08. The number of amides is 1. The number of rotatable bonds is 5. The maximum Gasteiger partial charge on any atom is 0.426 e. The number of allylic oxidation sites excluding steroid dienone is 2. The monoisotopic (exact) mass is 357 g/mol. The van der Waals surface area contributed by atoms with Gasteiger partial charge in [0.1, 0.15) is 5.76 Å².